The molecule has 0 bridgehead atoms. The van der Waals surface area contributed by atoms with E-state index < -0.39 is 0 Å². The Kier molecular flexibility index (Phi) is 3.66. The summed E-state index contributed by atoms with van der Waals surface area (Å²) in [5.41, 5.74) is 1.94. The average Bonchev–Trinajstić information content (AvgIpc) is 2.40. The third-order valence-electron chi connectivity index (χ3n) is 2.46. The van der Waals surface area contributed by atoms with Crippen molar-refractivity contribution >= 4 is 23.1 Å². The third kappa shape index (κ3) is 2.53. The van der Waals surface area contributed by atoms with Crippen LogP contribution in [0.4, 0.5) is 17.2 Å². The highest BCUT2D eigenvalue weighted by atomic mass is 16.5. The molecule has 0 fully saturated rings. The SMILES string of the molecule is CC(=O)N(c1ccccc1)c1cc([NH2+][O-])ccn1. The van der Waals surface area contributed by atoms with Gasteiger partial charge in [0, 0.05) is 25.3 Å². The van der Waals surface area contributed by atoms with E-state index in [2.05, 4.69) is 4.98 Å². The van der Waals surface area contributed by atoms with E-state index in [4.69, 9.17) is 0 Å². The van der Waals surface area contributed by atoms with Gasteiger partial charge in [-0.3, -0.25) is 9.69 Å². The summed E-state index contributed by atoms with van der Waals surface area (Å²) in [6.45, 7) is 1.46. The number of hydrogen-bond acceptors (Lipinski definition) is 3. The molecular weight excluding hydrogens is 230 g/mol. The Morgan fingerprint density at radius 2 is 2.00 bits per heavy atom. The van der Waals surface area contributed by atoms with E-state index in [9.17, 15) is 10.0 Å². The van der Waals surface area contributed by atoms with Gasteiger partial charge >= 0.3 is 0 Å². The van der Waals surface area contributed by atoms with Gasteiger partial charge in [0.2, 0.25) is 5.91 Å². The van der Waals surface area contributed by atoms with Crippen LogP contribution in [0.2, 0.25) is 0 Å². The number of para-hydroxylation sites is 1. The van der Waals surface area contributed by atoms with Crippen molar-refractivity contribution in [2.75, 3.05) is 4.90 Å². The Balaban J connectivity index is 2.45. The molecule has 92 valence electrons. The molecule has 0 aliphatic heterocycles. The number of quaternary nitrogens is 1. The summed E-state index contributed by atoms with van der Waals surface area (Å²) in [6.07, 6.45) is 1.51. The number of pyridine rings is 1. The van der Waals surface area contributed by atoms with Crippen molar-refractivity contribution in [2.24, 2.45) is 0 Å². The molecule has 5 heteroatoms. The number of anilines is 2. The van der Waals surface area contributed by atoms with Gasteiger partial charge in [0.05, 0.1) is 5.69 Å². The van der Waals surface area contributed by atoms with E-state index in [1.165, 1.54) is 18.0 Å². The van der Waals surface area contributed by atoms with Crippen LogP contribution in [0.1, 0.15) is 6.92 Å². The summed E-state index contributed by atoms with van der Waals surface area (Å²) < 4.78 is 0. The molecule has 0 unspecified atom stereocenters. The lowest BCUT2D eigenvalue weighted by Crippen LogP contribution is -2.70. The van der Waals surface area contributed by atoms with Crippen LogP contribution in [0.5, 0.6) is 0 Å². The number of rotatable bonds is 3. The summed E-state index contributed by atoms with van der Waals surface area (Å²) in [6, 6.07) is 12.4. The minimum absolute atomic E-state index is 0.156. The van der Waals surface area contributed by atoms with E-state index in [1.54, 1.807) is 12.1 Å². The largest absolute Gasteiger partial charge is 0.630 e. The Hall–Kier alpha value is -2.24. The molecule has 1 heterocycles. The molecule has 5 nitrogen and oxygen atoms in total. The second-order valence-corrected chi connectivity index (χ2v) is 3.76. The Bertz CT molecular complexity index is 543. The number of aromatic nitrogens is 1. The van der Waals surface area contributed by atoms with E-state index in [0.717, 1.165) is 11.2 Å². The van der Waals surface area contributed by atoms with Crippen molar-refractivity contribution in [1.29, 1.82) is 0 Å². The molecule has 0 radical (unpaired) electrons. The van der Waals surface area contributed by atoms with Crippen LogP contribution in [0.3, 0.4) is 0 Å². The van der Waals surface area contributed by atoms with Crippen LogP contribution in [0.25, 0.3) is 0 Å². The van der Waals surface area contributed by atoms with Gasteiger partial charge in [0.25, 0.3) is 0 Å². The lowest BCUT2D eigenvalue weighted by molar-refractivity contribution is -0.497. The molecule has 1 aromatic carbocycles. The Labute approximate surface area is 105 Å². The highest BCUT2D eigenvalue weighted by Crippen LogP contribution is 2.24. The minimum atomic E-state index is -0.156. The Morgan fingerprint density at radius 1 is 1.28 bits per heavy atom. The molecule has 2 N–H and O–H groups in total. The van der Waals surface area contributed by atoms with Crippen LogP contribution in [-0.4, -0.2) is 10.9 Å². The summed E-state index contributed by atoms with van der Waals surface area (Å²) in [7, 11) is 0. The highest BCUT2D eigenvalue weighted by molar-refractivity contribution is 5.98. The number of carbonyl (C=O) groups is 1. The molecule has 0 saturated carbocycles. The lowest BCUT2D eigenvalue weighted by atomic mass is 10.2. The molecule has 2 aromatic rings. The lowest BCUT2D eigenvalue weighted by Gasteiger charge is -2.20. The van der Waals surface area contributed by atoms with Gasteiger partial charge in [0.1, 0.15) is 11.5 Å². The maximum Gasteiger partial charge on any atom is 0.229 e. The van der Waals surface area contributed by atoms with E-state index >= 15 is 0 Å². The van der Waals surface area contributed by atoms with Gasteiger partial charge in [-0.25, -0.2) is 4.98 Å². The highest BCUT2D eigenvalue weighted by Gasteiger charge is 2.15. The normalized spacial score (nSPS) is 10.1. The fourth-order valence-corrected chi connectivity index (χ4v) is 1.68. The van der Waals surface area contributed by atoms with Crippen LogP contribution in [0, 0.1) is 5.21 Å². The van der Waals surface area contributed by atoms with E-state index in [-0.39, 0.29) is 5.91 Å². The second kappa shape index (κ2) is 5.39. The number of nitrogens with two attached hydrogens (primary N) is 1. The van der Waals surface area contributed by atoms with Crippen molar-refractivity contribution in [2.45, 2.75) is 6.92 Å². The number of benzene rings is 1. The first-order chi connectivity index (χ1) is 8.72. The maximum absolute atomic E-state index is 11.7. The van der Waals surface area contributed by atoms with E-state index in [0.29, 0.717) is 11.5 Å². The quantitative estimate of drug-likeness (QED) is 0.829. The Morgan fingerprint density at radius 3 is 2.61 bits per heavy atom. The topological polar surface area (TPSA) is 72.9 Å². The second-order valence-electron chi connectivity index (χ2n) is 3.76. The molecule has 0 atom stereocenters. The van der Waals surface area contributed by atoms with Gasteiger partial charge in [-0.15, -0.1) is 0 Å². The number of amides is 1. The van der Waals surface area contributed by atoms with Crippen molar-refractivity contribution in [3.05, 3.63) is 53.9 Å². The smallest absolute Gasteiger partial charge is 0.229 e. The zero-order chi connectivity index (χ0) is 13.0. The van der Waals surface area contributed by atoms with Gasteiger partial charge in [0.15, 0.2) is 0 Å². The zero-order valence-electron chi connectivity index (χ0n) is 9.91. The van der Waals surface area contributed by atoms with Crippen LogP contribution in [0.15, 0.2) is 48.7 Å². The predicted molar refractivity (Wildman–Crippen MR) is 68.5 cm³/mol. The zero-order valence-corrected chi connectivity index (χ0v) is 9.91. The first-order valence-corrected chi connectivity index (χ1v) is 5.49. The van der Waals surface area contributed by atoms with Gasteiger partial charge in [-0.2, -0.15) is 0 Å². The van der Waals surface area contributed by atoms with Gasteiger partial charge in [-0.05, 0) is 12.1 Å². The van der Waals surface area contributed by atoms with Crippen molar-refractivity contribution in [1.82, 2.24) is 4.98 Å². The molecule has 18 heavy (non-hydrogen) atoms. The fourth-order valence-electron chi connectivity index (χ4n) is 1.68. The molecule has 2 rings (SSSR count). The molecule has 0 spiro atoms. The van der Waals surface area contributed by atoms with Gasteiger partial charge < -0.3 is 10.7 Å². The first kappa shape index (κ1) is 12.2. The van der Waals surface area contributed by atoms with Gasteiger partial charge in [-0.1, -0.05) is 18.2 Å². The predicted octanol–water partition coefficient (Wildman–Crippen LogP) is 1.46. The number of carbonyl (C=O) groups excluding carboxylic acids is 1. The van der Waals surface area contributed by atoms with Crippen LogP contribution >= 0.6 is 0 Å². The minimum Gasteiger partial charge on any atom is -0.630 e. The first-order valence-electron chi connectivity index (χ1n) is 5.49. The third-order valence-corrected chi connectivity index (χ3v) is 2.46. The average molecular weight is 243 g/mol. The maximum atomic E-state index is 11.7. The van der Waals surface area contributed by atoms with Crippen molar-refractivity contribution in [3.8, 4) is 0 Å². The van der Waals surface area contributed by atoms with Crippen molar-refractivity contribution < 1.29 is 10.3 Å². The number of hydrogen-bond donors (Lipinski definition) is 1. The fraction of sp³-hybridized carbons (Fsp3) is 0.0769. The van der Waals surface area contributed by atoms with E-state index in [1.807, 2.05) is 30.3 Å². The molecule has 0 aliphatic carbocycles. The molecular formula is C13H13N3O2. The molecule has 0 aliphatic rings. The molecule has 1 amide bonds. The van der Waals surface area contributed by atoms with Crippen molar-refractivity contribution in [3.63, 3.8) is 0 Å². The summed E-state index contributed by atoms with van der Waals surface area (Å²) >= 11 is 0. The summed E-state index contributed by atoms with van der Waals surface area (Å²) in [5, 5.41) is 10.8. The van der Waals surface area contributed by atoms with Crippen LogP contribution < -0.4 is 10.4 Å². The summed E-state index contributed by atoms with van der Waals surface area (Å²) in [5.74, 6) is 0.287. The standard InChI is InChI=1S/C13H13N3O2/c1-10(17)16(12-5-3-2-4-6-12)13-9-11(15-18)7-8-14-13/h2-9H,15H2,1H3. The monoisotopic (exact) mass is 243 g/mol. The molecule has 0 saturated heterocycles. The van der Waals surface area contributed by atoms with Crippen LogP contribution in [-0.2, 0) is 4.79 Å². The number of nitrogens with zero attached hydrogens (tertiary/aromatic N) is 2. The summed E-state index contributed by atoms with van der Waals surface area (Å²) in [4.78, 5) is 17.3. The molecule has 1 aromatic heterocycles.